The Morgan fingerprint density at radius 1 is 1.43 bits per heavy atom. The number of sulfonamides is 1. The van der Waals surface area contributed by atoms with Crippen LogP contribution in [0.4, 0.5) is 0 Å². The number of rotatable bonds is 3. The summed E-state index contributed by atoms with van der Waals surface area (Å²) in [6, 6.07) is 0. The van der Waals surface area contributed by atoms with E-state index in [1.807, 2.05) is 0 Å². The van der Waals surface area contributed by atoms with Crippen LogP contribution in [0.25, 0.3) is 0 Å². The Balaban J connectivity index is 2.58. The first-order chi connectivity index (χ1) is 6.37. The molecule has 1 aliphatic heterocycles. The Hall–Kier alpha value is -0.170. The van der Waals surface area contributed by atoms with Gasteiger partial charge in [0.25, 0.3) is 0 Å². The molecule has 0 amide bonds. The van der Waals surface area contributed by atoms with Crippen molar-refractivity contribution in [2.24, 2.45) is 5.73 Å². The number of nitrogens with two attached hydrogens (primary N) is 1. The van der Waals surface area contributed by atoms with E-state index in [9.17, 15) is 13.5 Å². The van der Waals surface area contributed by atoms with E-state index >= 15 is 0 Å². The summed E-state index contributed by atoms with van der Waals surface area (Å²) in [6.07, 6.45) is 0.994. The van der Waals surface area contributed by atoms with Gasteiger partial charge < -0.3 is 10.8 Å². The van der Waals surface area contributed by atoms with Gasteiger partial charge in [0.2, 0.25) is 10.0 Å². The van der Waals surface area contributed by atoms with Crippen LogP contribution >= 0.6 is 0 Å². The molecule has 0 aromatic carbocycles. The fraction of sp³-hybridized carbons (Fsp3) is 1.00. The van der Waals surface area contributed by atoms with Gasteiger partial charge in [-0.2, -0.15) is 0 Å². The topological polar surface area (TPSA) is 83.6 Å². The van der Waals surface area contributed by atoms with E-state index in [2.05, 4.69) is 0 Å². The molecule has 3 N–H and O–H groups in total. The molecule has 0 spiro atoms. The maximum atomic E-state index is 11.6. The molecule has 0 bridgehead atoms. The summed E-state index contributed by atoms with van der Waals surface area (Å²) in [6.45, 7) is 2.68. The Bertz CT molecular complexity index is 277. The standard InChI is InChI=1S/C8H18N2O3S/c1-8(11)2-5-10(6-3-8)14(12,13)7-4-9/h11H,2-7,9H2,1H3. The van der Waals surface area contributed by atoms with Gasteiger partial charge >= 0.3 is 0 Å². The van der Waals surface area contributed by atoms with Crippen LogP contribution in [0.2, 0.25) is 0 Å². The van der Waals surface area contributed by atoms with E-state index in [1.54, 1.807) is 6.92 Å². The van der Waals surface area contributed by atoms with Crippen LogP contribution in [0.15, 0.2) is 0 Å². The third kappa shape index (κ3) is 2.91. The minimum atomic E-state index is -3.19. The van der Waals surface area contributed by atoms with Gasteiger partial charge in [0.05, 0.1) is 11.4 Å². The molecule has 14 heavy (non-hydrogen) atoms. The Kier molecular flexibility index (Phi) is 3.52. The molecule has 0 aliphatic carbocycles. The summed E-state index contributed by atoms with van der Waals surface area (Å²) in [7, 11) is -3.19. The SMILES string of the molecule is CC1(O)CCN(S(=O)(=O)CCN)CC1. The Labute approximate surface area is 84.9 Å². The lowest BCUT2D eigenvalue weighted by Crippen LogP contribution is -2.46. The molecule has 0 aromatic rings. The predicted octanol–water partition coefficient (Wildman–Crippen LogP) is -0.878. The molecule has 1 aliphatic rings. The van der Waals surface area contributed by atoms with Gasteiger partial charge in [0, 0.05) is 19.6 Å². The van der Waals surface area contributed by atoms with Gasteiger partial charge in [-0.15, -0.1) is 0 Å². The van der Waals surface area contributed by atoms with Crippen LogP contribution in [0.1, 0.15) is 19.8 Å². The van der Waals surface area contributed by atoms with Gasteiger partial charge in [-0.05, 0) is 19.8 Å². The van der Waals surface area contributed by atoms with Crippen LogP contribution in [0.3, 0.4) is 0 Å². The summed E-state index contributed by atoms with van der Waals surface area (Å²) >= 11 is 0. The number of hydrogen-bond donors (Lipinski definition) is 2. The molecule has 1 fully saturated rings. The van der Waals surface area contributed by atoms with E-state index in [0.29, 0.717) is 25.9 Å². The van der Waals surface area contributed by atoms with Crippen molar-refractivity contribution in [2.75, 3.05) is 25.4 Å². The number of nitrogens with zero attached hydrogens (tertiary/aromatic N) is 1. The van der Waals surface area contributed by atoms with Crippen molar-refractivity contribution < 1.29 is 13.5 Å². The molecule has 5 nitrogen and oxygen atoms in total. The summed E-state index contributed by atoms with van der Waals surface area (Å²) < 4.78 is 24.5. The van der Waals surface area contributed by atoms with Crippen LogP contribution in [0.5, 0.6) is 0 Å². The molecule has 0 atom stereocenters. The highest BCUT2D eigenvalue weighted by Gasteiger charge is 2.32. The monoisotopic (exact) mass is 222 g/mol. The summed E-state index contributed by atoms with van der Waals surface area (Å²) in [4.78, 5) is 0. The summed E-state index contributed by atoms with van der Waals surface area (Å²) in [5.74, 6) is -0.00482. The van der Waals surface area contributed by atoms with Crippen LogP contribution in [0, 0.1) is 0 Å². The molecule has 0 unspecified atom stereocenters. The zero-order valence-corrected chi connectivity index (χ0v) is 9.26. The van der Waals surface area contributed by atoms with Gasteiger partial charge in [0.15, 0.2) is 0 Å². The third-order valence-electron chi connectivity index (χ3n) is 2.57. The molecule has 0 radical (unpaired) electrons. The maximum absolute atomic E-state index is 11.6. The lowest BCUT2D eigenvalue weighted by Gasteiger charge is -2.34. The van der Waals surface area contributed by atoms with Crippen LogP contribution < -0.4 is 5.73 Å². The van der Waals surface area contributed by atoms with E-state index in [0.717, 1.165) is 0 Å². The molecular formula is C8H18N2O3S. The molecule has 1 saturated heterocycles. The van der Waals surface area contributed by atoms with Crippen molar-refractivity contribution in [1.29, 1.82) is 0 Å². The van der Waals surface area contributed by atoms with Crippen molar-refractivity contribution in [2.45, 2.75) is 25.4 Å². The van der Waals surface area contributed by atoms with Crippen molar-refractivity contribution in [1.82, 2.24) is 4.31 Å². The van der Waals surface area contributed by atoms with Crippen LogP contribution in [-0.4, -0.2) is 48.8 Å². The van der Waals surface area contributed by atoms with Crippen molar-refractivity contribution in [3.63, 3.8) is 0 Å². The maximum Gasteiger partial charge on any atom is 0.215 e. The smallest absolute Gasteiger partial charge is 0.215 e. The quantitative estimate of drug-likeness (QED) is 0.649. The second-order valence-corrected chi connectivity index (χ2v) is 6.09. The second-order valence-electron chi connectivity index (χ2n) is 4.00. The minimum Gasteiger partial charge on any atom is -0.390 e. The zero-order chi connectivity index (χ0) is 10.8. The summed E-state index contributed by atoms with van der Waals surface area (Å²) in [5.41, 5.74) is 4.51. The van der Waals surface area contributed by atoms with Gasteiger partial charge in [-0.25, -0.2) is 12.7 Å². The number of hydrogen-bond acceptors (Lipinski definition) is 4. The highest BCUT2D eigenvalue weighted by atomic mass is 32.2. The highest BCUT2D eigenvalue weighted by Crippen LogP contribution is 2.22. The molecule has 0 aromatic heterocycles. The van der Waals surface area contributed by atoms with Crippen molar-refractivity contribution in [3.05, 3.63) is 0 Å². The zero-order valence-electron chi connectivity index (χ0n) is 8.44. The average molecular weight is 222 g/mol. The predicted molar refractivity (Wildman–Crippen MR) is 54.3 cm³/mol. The molecule has 0 saturated carbocycles. The average Bonchev–Trinajstić information content (AvgIpc) is 2.03. The molecule has 6 heteroatoms. The molecule has 1 rings (SSSR count). The Morgan fingerprint density at radius 2 is 1.93 bits per heavy atom. The largest absolute Gasteiger partial charge is 0.390 e. The van der Waals surface area contributed by atoms with E-state index in [1.165, 1.54) is 4.31 Å². The van der Waals surface area contributed by atoms with E-state index in [-0.39, 0.29) is 12.3 Å². The Morgan fingerprint density at radius 3 is 2.36 bits per heavy atom. The van der Waals surface area contributed by atoms with Gasteiger partial charge in [-0.1, -0.05) is 0 Å². The number of piperidine rings is 1. The second kappa shape index (κ2) is 4.14. The highest BCUT2D eigenvalue weighted by molar-refractivity contribution is 7.89. The fourth-order valence-electron chi connectivity index (χ4n) is 1.52. The lowest BCUT2D eigenvalue weighted by molar-refractivity contribution is 0.0126. The minimum absolute atomic E-state index is 0.00482. The lowest BCUT2D eigenvalue weighted by atomic mass is 9.95. The van der Waals surface area contributed by atoms with E-state index < -0.39 is 15.6 Å². The number of aliphatic hydroxyl groups is 1. The fourth-order valence-corrected chi connectivity index (χ4v) is 2.82. The third-order valence-corrected chi connectivity index (χ3v) is 4.47. The molecule has 1 heterocycles. The van der Waals surface area contributed by atoms with Crippen molar-refractivity contribution >= 4 is 10.0 Å². The normalized spacial score (nSPS) is 23.6. The molecular weight excluding hydrogens is 204 g/mol. The van der Waals surface area contributed by atoms with Crippen molar-refractivity contribution in [3.8, 4) is 0 Å². The van der Waals surface area contributed by atoms with Gasteiger partial charge in [0.1, 0.15) is 0 Å². The van der Waals surface area contributed by atoms with Crippen LogP contribution in [-0.2, 0) is 10.0 Å². The first kappa shape index (κ1) is 11.9. The molecule has 84 valence electrons. The first-order valence-corrected chi connectivity index (χ1v) is 6.39. The van der Waals surface area contributed by atoms with E-state index in [4.69, 9.17) is 5.73 Å². The van der Waals surface area contributed by atoms with Gasteiger partial charge in [-0.3, -0.25) is 0 Å². The first-order valence-electron chi connectivity index (χ1n) is 4.78. The summed E-state index contributed by atoms with van der Waals surface area (Å²) in [5, 5.41) is 9.64.